The molecule has 0 radical (unpaired) electrons. The molecule has 0 bridgehead atoms. The van der Waals surface area contributed by atoms with Gasteiger partial charge in [-0.05, 0) is 44.9 Å². The maximum atomic E-state index is 11.9. The predicted molar refractivity (Wildman–Crippen MR) is 95.4 cm³/mol. The fourth-order valence-electron chi connectivity index (χ4n) is 1.89. The highest BCUT2D eigenvalue weighted by Crippen LogP contribution is 2.12. The van der Waals surface area contributed by atoms with Crippen LogP contribution in [-0.2, 0) is 20.9 Å². The van der Waals surface area contributed by atoms with E-state index in [4.69, 9.17) is 15.2 Å². The molecular formula is C17H25BrN2O4. The molecule has 0 aliphatic heterocycles. The van der Waals surface area contributed by atoms with Gasteiger partial charge in [-0.3, -0.25) is 4.79 Å². The number of hydrogen-bond acceptors (Lipinski definition) is 4. The van der Waals surface area contributed by atoms with Gasteiger partial charge in [-0.25, -0.2) is 4.79 Å². The van der Waals surface area contributed by atoms with E-state index in [0.717, 1.165) is 10.0 Å². The first-order valence-electron chi connectivity index (χ1n) is 7.76. The van der Waals surface area contributed by atoms with Crippen LogP contribution in [0.1, 0.15) is 39.2 Å². The van der Waals surface area contributed by atoms with Crippen LogP contribution in [0.3, 0.4) is 0 Å². The van der Waals surface area contributed by atoms with E-state index >= 15 is 0 Å². The normalized spacial score (nSPS) is 12.5. The number of rotatable bonds is 8. The topological polar surface area (TPSA) is 90.6 Å². The molecular weight excluding hydrogens is 376 g/mol. The standard InChI is InChI=1S/C17H25BrN2O4/c1-17(2,3)24-16(22)20-14(8-9-15(19)21)11-23-10-12-4-6-13(18)7-5-12/h4-7,14H,8-11H2,1-3H3,(H2,19,21)(H,20,22). The minimum absolute atomic E-state index is 0.169. The lowest BCUT2D eigenvalue weighted by atomic mass is 10.1. The van der Waals surface area contributed by atoms with Crippen LogP contribution in [0.2, 0.25) is 0 Å². The highest BCUT2D eigenvalue weighted by atomic mass is 79.9. The Kier molecular flexibility index (Phi) is 8.21. The second-order valence-corrected chi connectivity index (χ2v) is 7.41. The molecule has 0 saturated carbocycles. The first kappa shape index (κ1) is 20.4. The fourth-order valence-corrected chi connectivity index (χ4v) is 2.15. The maximum absolute atomic E-state index is 11.9. The van der Waals surface area contributed by atoms with Gasteiger partial charge in [0.05, 0.1) is 19.3 Å². The number of amides is 2. The van der Waals surface area contributed by atoms with Gasteiger partial charge in [-0.1, -0.05) is 28.1 Å². The summed E-state index contributed by atoms with van der Waals surface area (Å²) in [5.41, 5.74) is 5.61. The highest BCUT2D eigenvalue weighted by Gasteiger charge is 2.20. The third-order valence-corrected chi connectivity index (χ3v) is 3.49. The summed E-state index contributed by atoms with van der Waals surface area (Å²) >= 11 is 3.38. The Balaban J connectivity index is 2.50. The number of alkyl carbamates (subject to hydrolysis) is 1. The van der Waals surface area contributed by atoms with E-state index in [0.29, 0.717) is 13.0 Å². The Morgan fingerprint density at radius 1 is 1.25 bits per heavy atom. The number of benzene rings is 1. The number of nitrogens with two attached hydrogens (primary N) is 1. The number of nitrogens with one attached hydrogen (secondary N) is 1. The van der Waals surface area contributed by atoms with E-state index in [1.54, 1.807) is 20.8 Å². The molecule has 134 valence electrons. The van der Waals surface area contributed by atoms with Gasteiger partial charge in [-0.2, -0.15) is 0 Å². The van der Waals surface area contributed by atoms with Crippen LogP contribution < -0.4 is 11.1 Å². The highest BCUT2D eigenvalue weighted by molar-refractivity contribution is 9.10. The number of halogens is 1. The van der Waals surface area contributed by atoms with Gasteiger partial charge in [-0.15, -0.1) is 0 Å². The summed E-state index contributed by atoms with van der Waals surface area (Å²) in [5, 5.41) is 2.72. The quantitative estimate of drug-likeness (QED) is 0.700. The largest absolute Gasteiger partial charge is 0.444 e. The van der Waals surface area contributed by atoms with Gasteiger partial charge in [0.1, 0.15) is 5.60 Å². The zero-order valence-electron chi connectivity index (χ0n) is 14.3. The molecule has 24 heavy (non-hydrogen) atoms. The van der Waals surface area contributed by atoms with Crippen LogP contribution >= 0.6 is 15.9 Å². The third-order valence-electron chi connectivity index (χ3n) is 2.96. The molecule has 1 atom stereocenters. The van der Waals surface area contributed by atoms with Crippen molar-refractivity contribution in [3.05, 3.63) is 34.3 Å². The maximum Gasteiger partial charge on any atom is 0.407 e. The molecule has 1 unspecified atom stereocenters. The second kappa shape index (κ2) is 9.64. The summed E-state index contributed by atoms with van der Waals surface area (Å²) in [5.74, 6) is -0.418. The van der Waals surface area contributed by atoms with Crippen LogP contribution in [0.25, 0.3) is 0 Å². The van der Waals surface area contributed by atoms with E-state index in [2.05, 4.69) is 21.2 Å². The van der Waals surface area contributed by atoms with Crippen molar-refractivity contribution >= 4 is 27.9 Å². The van der Waals surface area contributed by atoms with E-state index in [1.165, 1.54) is 0 Å². The molecule has 0 fully saturated rings. The molecule has 0 aromatic heterocycles. The van der Waals surface area contributed by atoms with Gasteiger partial charge in [0, 0.05) is 10.9 Å². The molecule has 1 aromatic rings. The lowest BCUT2D eigenvalue weighted by molar-refractivity contribution is -0.118. The van der Waals surface area contributed by atoms with Crippen molar-refractivity contribution in [2.45, 2.75) is 51.9 Å². The summed E-state index contributed by atoms with van der Waals surface area (Å²) in [7, 11) is 0. The zero-order chi connectivity index (χ0) is 18.2. The van der Waals surface area contributed by atoms with Gasteiger partial charge in [0.2, 0.25) is 5.91 Å². The number of carbonyl (C=O) groups excluding carboxylic acids is 2. The van der Waals surface area contributed by atoms with E-state index in [1.807, 2.05) is 24.3 Å². The minimum Gasteiger partial charge on any atom is -0.444 e. The molecule has 0 spiro atoms. The lowest BCUT2D eigenvalue weighted by Gasteiger charge is -2.23. The fraction of sp³-hybridized carbons (Fsp3) is 0.529. The monoisotopic (exact) mass is 400 g/mol. The average molecular weight is 401 g/mol. The van der Waals surface area contributed by atoms with Crippen molar-refractivity contribution in [1.82, 2.24) is 5.32 Å². The average Bonchev–Trinajstić information content (AvgIpc) is 2.44. The Bertz CT molecular complexity index is 541. The lowest BCUT2D eigenvalue weighted by Crippen LogP contribution is -2.42. The van der Waals surface area contributed by atoms with Crippen molar-refractivity contribution < 1.29 is 19.1 Å². The molecule has 6 nitrogen and oxygen atoms in total. The van der Waals surface area contributed by atoms with Crippen molar-refractivity contribution in [1.29, 1.82) is 0 Å². The molecule has 1 rings (SSSR count). The van der Waals surface area contributed by atoms with Gasteiger partial charge < -0.3 is 20.5 Å². The molecule has 1 aromatic carbocycles. The molecule has 0 heterocycles. The molecule has 3 N–H and O–H groups in total. The second-order valence-electron chi connectivity index (χ2n) is 6.49. The van der Waals surface area contributed by atoms with Crippen molar-refractivity contribution in [3.63, 3.8) is 0 Å². The van der Waals surface area contributed by atoms with Gasteiger partial charge in [0.25, 0.3) is 0 Å². The van der Waals surface area contributed by atoms with Crippen LogP contribution in [0.15, 0.2) is 28.7 Å². The minimum atomic E-state index is -0.587. The number of ether oxygens (including phenoxy) is 2. The van der Waals surface area contributed by atoms with Crippen molar-refractivity contribution in [2.75, 3.05) is 6.61 Å². The number of carbonyl (C=O) groups is 2. The Morgan fingerprint density at radius 2 is 1.88 bits per heavy atom. The smallest absolute Gasteiger partial charge is 0.407 e. The van der Waals surface area contributed by atoms with Gasteiger partial charge in [0.15, 0.2) is 0 Å². The van der Waals surface area contributed by atoms with Crippen molar-refractivity contribution in [2.24, 2.45) is 5.73 Å². The van der Waals surface area contributed by atoms with E-state index in [-0.39, 0.29) is 19.1 Å². The molecule has 2 amide bonds. The Hall–Kier alpha value is -1.60. The summed E-state index contributed by atoms with van der Waals surface area (Å²) in [4.78, 5) is 22.9. The summed E-state index contributed by atoms with van der Waals surface area (Å²) in [6, 6.07) is 7.42. The van der Waals surface area contributed by atoms with Crippen LogP contribution in [-0.4, -0.2) is 30.3 Å². The van der Waals surface area contributed by atoms with Crippen molar-refractivity contribution in [3.8, 4) is 0 Å². The van der Waals surface area contributed by atoms with Crippen LogP contribution in [0, 0.1) is 0 Å². The molecule has 7 heteroatoms. The van der Waals surface area contributed by atoms with E-state index in [9.17, 15) is 9.59 Å². The first-order chi connectivity index (χ1) is 11.2. The van der Waals surface area contributed by atoms with Gasteiger partial charge >= 0.3 is 6.09 Å². The SMILES string of the molecule is CC(C)(C)OC(=O)NC(CCC(N)=O)COCc1ccc(Br)cc1. The summed E-state index contributed by atoms with van der Waals surface area (Å²) in [6.07, 6.45) is 0.0287. The number of primary amides is 1. The summed E-state index contributed by atoms with van der Waals surface area (Å²) < 4.78 is 11.9. The van der Waals surface area contributed by atoms with E-state index < -0.39 is 17.6 Å². The van der Waals surface area contributed by atoms with Crippen LogP contribution in [0.5, 0.6) is 0 Å². The third kappa shape index (κ3) is 9.52. The summed E-state index contributed by atoms with van der Waals surface area (Å²) in [6.45, 7) is 6.04. The first-order valence-corrected chi connectivity index (χ1v) is 8.55. The molecule has 0 saturated heterocycles. The Labute approximate surface area is 151 Å². The predicted octanol–water partition coefficient (Wildman–Crippen LogP) is 3.12. The molecule has 0 aliphatic carbocycles. The Morgan fingerprint density at radius 3 is 2.42 bits per heavy atom. The number of hydrogen-bond donors (Lipinski definition) is 2. The van der Waals surface area contributed by atoms with Crippen LogP contribution in [0.4, 0.5) is 4.79 Å². The molecule has 0 aliphatic rings. The zero-order valence-corrected chi connectivity index (χ0v) is 15.9.